The standard InChI is InChI=1S/C17H16N2O4S/c1-11(20)12-2-6-15(7-3-12)24(22,23)19-14-5-8-16-13(10-14)4-9-17(21)18-16/h2-3,5-8,10,19H,4,9H2,1H3,(H,18,21). The predicted molar refractivity (Wildman–Crippen MR) is 90.6 cm³/mol. The van der Waals surface area contributed by atoms with E-state index in [1.807, 2.05) is 0 Å². The molecule has 3 rings (SSSR count). The summed E-state index contributed by atoms with van der Waals surface area (Å²) < 4.78 is 27.4. The number of fused-ring (bicyclic) bond motifs is 1. The van der Waals surface area contributed by atoms with Crippen molar-refractivity contribution in [3.05, 3.63) is 53.6 Å². The summed E-state index contributed by atoms with van der Waals surface area (Å²) in [6, 6.07) is 10.8. The van der Waals surface area contributed by atoms with Gasteiger partial charge in [0.25, 0.3) is 10.0 Å². The molecule has 0 bridgehead atoms. The van der Waals surface area contributed by atoms with Crippen LogP contribution in [0.25, 0.3) is 0 Å². The van der Waals surface area contributed by atoms with Crippen LogP contribution in [0.5, 0.6) is 0 Å². The summed E-state index contributed by atoms with van der Waals surface area (Å²) in [5, 5.41) is 2.75. The summed E-state index contributed by atoms with van der Waals surface area (Å²) in [6.45, 7) is 1.42. The first kappa shape index (κ1) is 16.2. The fourth-order valence-corrected chi connectivity index (χ4v) is 3.58. The first-order valence-corrected chi connectivity index (χ1v) is 8.90. The number of sulfonamides is 1. The number of benzene rings is 2. The number of Topliss-reactive ketones (excluding diaryl/α,β-unsaturated/α-hetero) is 1. The van der Waals surface area contributed by atoms with Gasteiger partial charge >= 0.3 is 0 Å². The second-order valence-corrected chi connectivity index (χ2v) is 7.29. The van der Waals surface area contributed by atoms with E-state index in [4.69, 9.17) is 0 Å². The highest BCUT2D eigenvalue weighted by Crippen LogP contribution is 2.27. The van der Waals surface area contributed by atoms with E-state index in [-0.39, 0.29) is 16.6 Å². The van der Waals surface area contributed by atoms with Gasteiger partial charge in [0.1, 0.15) is 0 Å². The predicted octanol–water partition coefficient (Wildman–Crippen LogP) is 2.57. The second kappa shape index (κ2) is 6.09. The quantitative estimate of drug-likeness (QED) is 0.834. The van der Waals surface area contributed by atoms with E-state index in [0.29, 0.717) is 29.8 Å². The van der Waals surface area contributed by atoms with E-state index in [9.17, 15) is 18.0 Å². The number of amides is 1. The lowest BCUT2D eigenvalue weighted by Crippen LogP contribution is -2.19. The molecule has 2 N–H and O–H groups in total. The zero-order valence-electron chi connectivity index (χ0n) is 13.0. The van der Waals surface area contributed by atoms with Crippen molar-refractivity contribution in [2.45, 2.75) is 24.7 Å². The fourth-order valence-electron chi connectivity index (χ4n) is 2.53. The maximum Gasteiger partial charge on any atom is 0.261 e. The highest BCUT2D eigenvalue weighted by Gasteiger charge is 2.18. The highest BCUT2D eigenvalue weighted by molar-refractivity contribution is 7.92. The Hall–Kier alpha value is -2.67. The molecule has 2 aromatic carbocycles. The molecule has 0 fully saturated rings. The molecule has 1 amide bonds. The minimum absolute atomic E-state index is 0.0404. The van der Waals surface area contributed by atoms with Crippen molar-refractivity contribution in [1.29, 1.82) is 0 Å². The van der Waals surface area contributed by atoms with Crippen LogP contribution in [0, 0.1) is 0 Å². The van der Waals surface area contributed by atoms with Crippen molar-refractivity contribution in [3.63, 3.8) is 0 Å². The van der Waals surface area contributed by atoms with E-state index in [2.05, 4.69) is 10.0 Å². The molecule has 0 saturated carbocycles. The lowest BCUT2D eigenvalue weighted by atomic mass is 10.0. The van der Waals surface area contributed by atoms with Crippen LogP contribution in [0.3, 0.4) is 0 Å². The SMILES string of the molecule is CC(=O)c1ccc(S(=O)(=O)Nc2ccc3c(c2)CCC(=O)N3)cc1. The van der Waals surface area contributed by atoms with Gasteiger partial charge in [-0.3, -0.25) is 14.3 Å². The maximum atomic E-state index is 12.4. The van der Waals surface area contributed by atoms with Gasteiger partial charge in [-0.15, -0.1) is 0 Å². The second-order valence-electron chi connectivity index (χ2n) is 5.61. The van der Waals surface area contributed by atoms with E-state index < -0.39 is 10.0 Å². The van der Waals surface area contributed by atoms with Gasteiger partial charge in [-0.1, -0.05) is 12.1 Å². The normalized spacial score (nSPS) is 13.8. The first-order chi connectivity index (χ1) is 11.3. The zero-order chi connectivity index (χ0) is 17.3. The Morgan fingerprint density at radius 3 is 2.46 bits per heavy atom. The van der Waals surface area contributed by atoms with Crippen molar-refractivity contribution >= 4 is 33.1 Å². The van der Waals surface area contributed by atoms with Crippen LogP contribution in [0.2, 0.25) is 0 Å². The van der Waals surface area contributed by atoms with Gasteiger partial charge in [-0.2, -0.15) is 0 Å². The van der Waals surface area contributed by atoms with Crippen LogP contribution in [0.15, 0.2) is 47.4 Å². The highest BCUT2D eigenvalue weighted by atomic mass is 32.2. The van der Waals surface area contributed by atoms with Crippen LogP contribution >= 0.6 is 0 Å². The maximum absolute atomic E-state index is 12.4. The molecule has 7 heteroatoms. The smallest absolute Gasteiger partial charge is 0.261 e. The topological polar surface area (TPSA) is 92.3 Å². The molecule has 0 unspecified atom stereocenters. The minimum atomic E-state index is -3.74. The van der Waals surface area contributed by atoms with Crippen molar-refractivity contribution in [3.8, 4) is 0 Å². The largest absolute Gasteiger partial charge is 0.326 e. The molecule has 2 aromatic rings. The van der Waals surface area contributed by atoms with Crippen LogP contribution in [-0.4, -0.2) is 20.1 Å². The molecular weight excluding hydrogens is 328 g/mol. The molecule has 24 heavy (non-hydrogen) atoms. The lowest BCUT2D eigenvalue weighted by molar-refractivity contribution is -0.116. The van der Waals surface area contributed by atoms with Crippen molar-refractivity contribution in [2.75, 3.05) is 10.0 Å². The Labute approximate surface area is 139 Å². The average Bonchev–Trinajstić information content (AvgIpc) is 2.55. The van der Waals surface area contributed by atoms with E-state index in [1.165, 1.54) is 31.2 Å². The van der Waals surface area contributed by atoms with Gasteiger partial charge in [0, 0.05) is 23.4 Å². The number of aryl methyl sites for hydroxylation is 1. The molecule has 6 nitrogen and oxygen atoms in total. The molecule has 0 aromatic heterocycles. The third-order valence-corrected chi connectivity index (χ3v) is 5.22. The van der Waals surface area contributed by atoms with Gasteiger partial charge < -0.3 is 5.32 Å². The van der Waals surface area contributed by atoms with E-state index >= 15 is 0 Å². The number of hydrogen-bond acceptors (Lipinski definition) is 4. The van der Waals surface area contributed by atoms with E-state index in [0.717, 1.165) is 5.56 Å². The molecule has 124 valence electrons. The first-order valence-electron chi connectivity index (χ1n) is 7.42. The summed E-state index contributed by atoms with van der Waals surface area (Å²) in [7, 11) is -3.74. The lowest BCUT2D eigenvalue weighted by Gasteiger charge is -2.18. The summed E-state index contributed by atoms with van der Waals surface area (Å²) >= 11 is 0. The van der Waals surface area contributed by atoms with Gasteiger partial charge in [0.05, 0.1) is 4.90 Å². The summed E-state index contributed by atoms with van der Waals surface area (Å²) in [6.07, 6.45) is 0.958. The number of nitrogens with one attached hydrogen (secondary N) is 2. The monoisotopic (exact) mass is 344 g/mol. The number of rotatable bonds is 4. The Bertz CT molecular complexity index is 918. The number of anilines is 2. The van der Waals surface area contributed by atoms with Crippen LogP contribution in [0.4, 0.5) is 11.4 Å². The molecule has 0 spiro atoms. The van der Waals surface area contributed by atoms with Crippen molar-refractivity contribution in [2.24, 2.45) is 0 Å². The number of carbonyl (C=O) groups is 2. The molecule has 0 radical (unpaired) electrons. The van der Waals surface area contributed by atoms with Crippen LogP contribution in [0.1, 0.15) is 29.3 Å². The third kappa shape index (κ3) is 3.30. The van der Waals surface area contributed by atoms with E-state index in [1.54, 1.807) is 18.2 Å². The molecular formula is C17H16N2O4S. The molecule has 1 aliphatic heterocycles. The average molecular weight is 344 g/mol. The number of carbonyl (C=O) groups excluding carboxylic acids is 2. The molecule has 0 saturated heterocycles. The van der Waals surface area contributed by atoms with Gasteiger partial charge in [0.15, 0.2) is 5.78 Å². The third-order valence-electron chi connectivity index (χ3n) is 3.82. The van der Waals surface area contributed by atoms with Crippen molar-refractivity contribution in [1.82, 2.24) is 0 Å². The van der Waals surface area contributed by atoms with Gasteiger partial charge in [-0.25, -0.2) is 8.42 Å². The van der Waals surface area contributed by atoms with Crippen molar-refractivity contribution < 1.29 is 18.0 Å². The number of ketones is 1. The summed E-state index contributed by atoms with van der Waals surface area (Å²) in [4.78, 5) is 22.7. The summed E-state index contributed by atoms with van der Waals surface area (Å²) in [5.74, 6) is -0.162. The number of hydrogen-bond donors (Lipinski definition) is 2. The fraction of sp³-hybridized carbons (Fsp3) is 0.176. The van der Waals surface area contributed by atoms with Gasteiger partial charge in [0.2, 0.25) is 5.91 Å². The summed E-state index contributed by atoms with van der Waals surface area (Å²) in [5.41, 5.74) is 2.49. The molecule has 1 heterocycles. The molecule has 0 aliphatic carbocycles. The van der Waals surface area contributed by atoms with Crippen LogP contribution in [-0.2, 0) is 21.2 Å². The Kier molecular flexibility index (Phi) is 4.11. The Morgan fingerprint density at radius 1 is 1.08 bits per heavy atom. The van der Waals surface area contributed by atoms with Gasteiger partial charge in [-0.05, 0) is 49.2 Å². The zero-order valence-corrected chi connectivity index (χ0v) is 13.8. The minimum Gasteiger partial charge on any atom is -0.326 e. The van der Waals surface area contributed by atoms with Crippen LogP contribution < -0.4 is 10.0 Å². The Balaban J connectivity index is 1.84. The Morgan fingerprint density at radius 2 is 1.79 bits per heavy atom. The molecule has 0 atom stereocenters. The molecule has 1 aliphatic rings.